The minimum atomic E-state index is 0.270. The van der Waals surface area contributed by atoms with Gasteiger partial charge in [0, 0.05) is 6.42 Å². The molecule has 0 atom stereocenters. The lowest BCUT2D eigenvalue weighted by atomic mass is 10.2. The number of allylic oxidation sites excluding steroid dienone is 1. The topological polar surface area (TPSA) is 30.2 Å². The van der Waals surface area contributed by atoms with Crippen LogP contribution in [0.1, 0.15) is 25.0 Å². The molecule has 0 radical (unpaired) electrons. The molecule has 1 heterocycles. The average Bonchev–Trinajstić information content (AvgIpc) is 2.65. The maximum Gasteiger partial charge on any atom is 0.159 e. The normalized spacial score (nSPS) is 20.7. The summed E-state index contributed by atoms with van der Waals surface area (Å²) in [6.07, 6.45) is 6.05. The monoisotopic (exact) mass is 162 g/mol. The number of carbonyl (C=O) groups excluding carboxylic acids is 1. The molecule has 1 fully saturated rings. The summed E-state index contributed by atoms with van der Waals surface area (Å²) in [6, 6.07) is 3.68. The standard InChI is InChI=1S/C10H10O2/c11-10-5-1-3-8(10)7-9-4-2-6-12-9/h2,4,6-7H,1,3,5H2/b8-7+. The van der Waals surface area contributed by atoms with Crippen molar-refractivity contribution in [3.05, 3.63) is 29.7 Å². The van der Waals surface area contributed by atoms with E-state index >= 15 is 0 Å². The van der Waals surface area contributed by atoms with E-state index < -0.39 is 0 Å². The van der Waals surface area contributed by atoms with Crippen LogP contribution >= 0.6 is 0 Å². The third-order valence-electron chi connectivity index (χ3n) is 2.07. The summed E-state index contributed by atoms with van der Waals surface area (Å²) in [6.45, 7) is 0. The number of furan rings is 1. The zero-order valence-corrected chi connectivity index (χ0v) is 6.75. The second-order valence-electron chi connectivity index (χ2n) is 2.96. The molecule has 1 aromatic rings. The molecule has 0 amide bonds. The number of rotatable bonds is 1. The van der Waals surface area contributed by atoms with Gasteiger partial charge in [-0.1, -0.05) is 0 Å². The number of Topliss-reactive ketones (excluding diaryl/α,β-unsaturated/α-hetero) is 1. The Hall–Kier alpha value is -1.31. The van der Waals surface area contributed by atoms with Gasteiger partial charge in [-0.05, 0) is 36.6 Å². The van der Waals surface area contributed by atoms with Crippen molar-refractivity contribution >= 4 is 11.9 Å². The van der Waals surface area contributed by atoms with Crippen LogP contribution < -0.4 is 0 Å². The first kappa shape index (κ1) is 7.35. The van der Waals surface area contributed by atoms with Crippen LogP contribution in [-0.4, -0.2) is 5.78 Å². The van der Waals surface area contributed by atoms with E-state index in [9.17, 15) is 4.79 Å². The quantitative estimate of drug-likeness (QED) is 0.593. The molecule has 0 aromatic carbocycles. The Morgan fingerprint density at radius 1 is 1.42 bits per heavy atom. The Labute approximate surface area is 70.9 Å². The van der Waals surface area contributed by atoms with Gasteiger partial charge in [0.05, 0.1) is 6.26 Å². The summed E-state index contributed by atoms with van der Waals surface area (Å²) < 4.78 is 5.12. The first-order valence-corrected chi connectivity index (χ1v) is 4.13. The lowest BCUT2D eigenvalue weighted by Gasteiger charge is -1.90. The van der Waals surface area contributed by atoms with Crippen molar-refractivity contribution in [3.8, 4) is 0 Å². The van der Waals surface area contributed by atoms with Gasteiger partial charge in [0.15, 0.2) is 5.78 Å². The summed E-state index contributed by atoms with van der Waals surface area (Å²) in [5.41, 5.74) is 0.907. The van der Waals surface area contributed by atoms with Crippen LogP contribution in [-0.2, 0) is 4.79 Å². The highest BCUT2D eigenvalue weighted by molar-refractivity contribution is 6.01. The zero-order valence-electron chi connectivity index (χ0n) is 6.75. The molecule has 1 aliphatic carbocycles. The Morgan fingerprint density at radius 3 is 2.92 bits per heavy atom. The highest BCUT2D eigenvalue weighted by Gasteiger charge is 2.16. The summed E-state index contributed by atoms with van der Waals surface area (Å²) in [5, 5.41) is 0. The molecule has 62 valence electrons. The molecule has 0 aliphatic heterocycles. The molecular formula is C10H10O2. The van der Waals surface area contributed by atoms with Gasteiger partial charge in [0.1, 0.15) is 5.76 Å². The van der Waals surface area contributed by atoms with E-state index in [1.165, 1.54) is 0 Å². The highest BCUT2D eigenvalue weighted by atomic mass is 16.3. The lowest BCUT2D eigenvalue weighted by molar-refractivity contribution is -0.114. The van der Waals surface area contributed by atoms with Crippen molar-refractivity contribution in [1.82, 2.24) is 0 Å². The predicted molar refractivity (Wildman–Crippen MR) is 45.5 cm³/mol. The van der Waals surface area contributed by atoms with Crippen LogP contribution in [0, 0.1) is 0 Å². The third kappa shape index (κ3) is 1.33. The fraction of sp³-hybridized carbons (Fsp3) is 0.300. The van der Waals surface area contributed by atoms with Crippen molar-refractivity contribution in [2.75, 3.05) is 0 Å². The molecule has 0 N–H and O–H groups in total. The SMILES string of the molecule is O=C1CCC/C1=C\c1ccco1. The van der Waals surface area contributed by atoms with E-state index in [1.807, 2.05) is 18.2 Å². The Bertz CT molecular complexity index is 307. The molecule has 2 rings (SSSR count). The smallest absolute Gasteiger partial charge is 0.159 e. The molecule has 1 aliphatic rings. The van der Waals surface area contributed by atoms with E-state index in [4.69, 9.17) is 4.42 Å². The Kier molecular flexibility index (Phi) is 1.82. The molecule has 0 saturated heterocycles. The average molecular weight is 162 g/mol. The number of hydrogen-bond donors (Lipinski definition) is 0. The van der Waals surface area contributed by atoms with Crippen LogP contribution in [0.25, 0.3) is 6.08 Å². The summed E-state index contributed by atoms with van der Waals surface area (Å²) in [4.78, 5) is 11.2. The maximum absolute atomic E-state index is 11.2. The van der Waals surface area contributed by atoms with Crippen molar-refractivity contribution in [2.24, 2.45) is 0 Å². The van der Waals surface area contributed by atoms with Gasteiger partial charge in [0.2, 0.25) is 0 Å². The van der Waals surface area contributed by atoms with E-state index in [0.29, 0.717) is 6.42 Å². The molecule has 1 saturated carbocycles. The van der Waals surface area contributed by atoms with Crippen molar-refractivity contribution in [3.63, 3.8) is 0 Å². The number of ketones is 1. The van der Waals surface area contributed by atoms with Gasteiger partial charge in [0.25, 0.3) is 0 Å². The summed E-state index contributed by atoms with van der Waals surface area (Å²) in [7, 11) is 0. The lowest BCUT2D eigenvalue weighted by Crippen LogP contribution is -1.89. The Balaban J connectivity index is 2.23. The first-order valence-electron chi connectivity index (χ1n) is 4.13. The number of carbonyl (C=O) groups is 1. The molecule has 12 heavy (non-hydrogen) atoms. The fourth-order valence-electron chi connectivity index (χ4n) is 1.44. The summed E-state index contributed by atoms with van der Waals surface area (Å²) >= 11 is 0. The predicted octanol–water partition coefficient (Wildman–Crippen LogP) is 2.42. The minimum Gasteiger partial charge on any atom is -0.465 e. The van der Waals surface area contributed by atoms with Crippen LogP contribution in [0.15, 0.2) is 28.4 Å². The van der Waals surface area contributed by atoms with Gasteiger partial charge in [-0.15, -0.1) is 0 Å². The van der Waals surface area contributed by atoms with Gasteiger partial charge in [-0.25, -0.2) is 0 Å². The largest absolute Gasteiger partial charge is 0.465 e. The molecule has 0 bridgehead atoms. The van der Waals surface area contributed by atoms with E-state index in [0.717, 1.165) is 24.2 Å². The maximum atomic E-state index is 11.2. The molecule has 2 nitrogen and oxygen atoms in total. The van der Waals surface area contributed by atoms with Crippen molar-refractivity contribution < 1.29 is 9.21 Å². The molecular weight excluding hydrogens is 152 g/mol. The van der Waals surface area contributed by atoms with Crippen molar-refractivity contribution in [1.29, 1.82) is 0 Å². The highest BCUT2D eigenvalue weighted by Crippen LogP contribution is 2.22. The van der Waals surface area contributed by atoms with E-state index in [-0.39, 0.29) is 5.78 Å². The van der Waals surface area contributed by atoms with E-state index in [1.54, 1.807) is 6.26 Å². The molecule has 0 unspecified atom stereocenters. The minimum absolute atomic E-state index is 0.270. The van der Waals surface area contributed by atoms with Crippen molar-refractivity contribution in [2.45, 2.75) is 19.3 Å². The van der Waals surface area contributed by atoms with Gasteiger partial charge in [-0.3, -0.25) is 4.79 Å². The van der Waals surface area contributed by atoms with Crippen LogP contribution in [0.5, 0.6) is 0 Å². The van der Waals surface area contributed by atoms with Gasteiger partial charge < -0.3 is 4.42 Å². The fourth-order valence-corrected chi connectivity index (χ4v) is 1.44. The van der Waals surface area contributed by atoms with Gasteiger partial charge in [-0.2, -0.15) is 0 Å². The molecule has 0 spiro atoms. The van der Waals surface area contributed by atoms with Gasteiger partial charge >= 0.3 is 0 Å². The van der Waals surface area contributed by atoms with Crippen LogP contribution in [0.2, 0.25) is 0 Å². The first-order chi connectivity index (χ1) is 5.86. The second kappa shape index (κ2) is 2.97. The third-order valence-corrected chi connectivity index (χ3v) is 2.07. The second-order valence-corrected chi connectivity index (χ2v) is 2.96. The van der Waals surface area contributed by atoms with Crippen LogP contribution in [0.4, 0.5) is 0 Å². The van der Waals surface area contributed by atoms with E-state index in [2.05, 4.69) is 0 Å². The van der Waals surface area contributed by atoms with Crippen LogP contribution in [0.3, 0.4) is 0 Å². The summed E-state index contributed by atoms with van der Waals surface area (Å²) in [5.74, 6) is 1.05. The Morgan fingerprint density at radius 2 is 2.33 bits per heavy atom. The molecule has 2 heteroatoms. The zero-order chi connectivity index (χ0) is 8.39. The molecule has 1 aromatic heterocycles. The number of hydrogen-bond acceptors (Lipinski definition) is 2.